The van der Waals surface area contributed by atoms with E-state index in [1.807, 2.05) is 71.6 Å². The predicted octanol–water partition coefficient (Wildman–Crippen LogP) is 3.97. The normalized spacial score (nSPS) is 20.5. The van der Waals surface area contributed by atoms with Gasteiger partial charge in [-0.1, -0.05) is 48.5 Å². The van der Waals surface area contributed by atoms with Crippen LogP contribution in [0.5, 0.6) is 0 Å². The molecule has 0 aliphatic carbocycles. The molecule has 0 bridgehead atoms. The third-order valence-electron chi connectivity index (χ3n) is 7.24. The van der Waals surface area contributed by atoms with Crippen LogP contribution < -0.4 is 5.32 Å². The van der Waals surface area contributed by atoms with E-state index < -0.39 is 0 Å². The number of carbonyl (C=O) groups is 2. The molecule has 2 N–H and O–H groups in total. The Labute approximate surface area is 206 Å². The molecule has 0 saturated carbocycles. The number of aliphatic hydroxyl groups is 1. The van der Waals surface area contributed by atoms with Crippen molar-refractivity contribution in [1.29, 1.82) is 0 Å². The molecule has 35 heavy (non-hydrogen) atoms. The fraction of sp³-hybridized carbons (Fsp3) is 0.310. The highest BCUT2D eigenvalue weighted by Crippen LogP contribution is 2.47. The first-order chi connectivity index (χ1) is 17.0. The second-order valence-corrected chi connectivity index (χ2v) is 9.66. The predicted molar refractivity (Wildman–Crippen MR) is 137 cm³/mol. The molecule has 0 aromatic heterocycles. The first-order valence-corrected chi connectivity index (χ1v) is 12.1. The third-order valence-corrected chi connectivity index (χ3v) is 7.24. The molecule has 0 spiro atoms. The summed E-state index contributed by atoms with van der Waals surface area (Å²) in [6, 6.07) is 23.5. The summed E-state index contributed by atoms with van der Waals surface area (Å²) in [6.07, 6.45) is 1.21. The van der Waals surface area contributed by atoms with Crippen molar-refractivity contribution in [1.82, 2.24) is 9.80 Å². The number of hydrogen-bond donors (Lipinski definition) is 2. The van der Waals surface area contributed by atoms with Crippen molar-refractivity contribution in [2.75, 3.05) is 32.6 Å². The summed E-state index contributed by atoms with van der Waals surface area (Å²) in [5, 5.41) is 13.6. The minimum atomic E-state index is -0.0915. The number of amides is 2. The van der Waals surface area contributed by atoms with E-state index >= 15 is 0 Å². The average Bonchev–Trinajstić information content (AvgIpc) is 3.34. The highest BCUT2D eigenvalue weighted by atomic mass is 16.3. The van der Waals surface area contributed by atoms with Crippen LogP contribution in [0.25, 0.3) is 11.1 Å². The van der Waals surface area contributed by atoms with Gasteiger partial charge in [0.25, 0.3) is 5.91 Å². The highest BCUT2D eigenvalue weighted by Gasteiger charge is 2.45. The Morgan fingerprint density at radius 1 is 1.00 bits per heavy atom. The maximum Gasteiger partial charge on any atom is 0.253 e. The lowest BCUT2D eigenvalue weighted by Crippen LogP contribution is -2.43. The number of nitrogens with zero attached hydrogens (tertiary/aromatic N) is 2. The van der Waals surface area contributed by atoms with Crippen molar-refractivity contribution in [3.8, 4) is 11.1 Å². The molecular formula is C29H31N3O3. The van der Waals surface area contributed by atoms with Crippen LogP contribution in [0, 0.1) is 5.92 Å². The first-order valence-electron chi connectivity index (χ1n) is 12.1. The van der Waals surface area contributed by atoms with Crippen molar-refractivity contribution in [2.45, 2.75) is 24.9 Å². The summed E-state index contributed by atoms with van der Waals surface area (Å²) >= 11 is 0. The Kier molecular flexibility index (Phi) is 6.31. The minimum absolute atomic E-state index is 0.0256. The van der Waals surface area contributed by atoms with Gasteiger partial charge >= 0.3 is 0 Å². The Balaban J connectivity index is 1.50. The molecule has 0 unspecified atom stereocenters. The van der Waals surface area contributed by atoms with E-state index in [1.54, 1.807) is 19.0 Å². The smallest absolute Gasteiger partial charge is 0.253 e. The zero-order valence-corrected chi connectivity index (χ0v) is 20.1. The van der Waals surface area contributed by atoms with Gasteiger partial charge in [-0.05, 0) is 52.9 Å². The summed E-state index contributed by atoms with van der Waals surface area (Å²) < 4.78 is 0. The quantitative estimate of drug-likeness (QED) is 0.593. The summed E-state index contributed by atoms with van der Waals surface area (Å²) in [4.78, 5) is 29.5. The van der Waals surface area contributed by atoms with Gasteiger partial charge in [-0.2, -0.15) is 0 Å². The van der Waals surface area contributed by atoms with Crippen LogP contribution in [-0.2, 0) is 11.2 Å². The Hall–Kier alpha value is -3.64. The summed E-state index contributed by atoms with van der Waals surface area (Å²) in [5.41, 5.74) is 5.63. The fourth-order valence-electron chi connectivity index (χ4n) is 5.48. The lowest BCUT2D eigenvalue weighted by Gasteiger charge is -2.39. The second-order valence-electron chi connectivity index (χ2n) is 9.66. The SMILES string of the molecule is CN(C)C(=O)c1cccc(-c2ccc3c(c2)[C@@H]2[C@@H](CCN2C(=O)Cc2ccccc2)[C@H](CO)N3)c1. The molecule has 2 aliphatic rings. The van der Waals surface area contributed by atoms with Gasteiger partial charge in [0.1, 0.15) is 0 Å². The van der Waals surface area contributed by atoms with Crippen LogP contribution in [0.15, 0.2) is 72.8 Å². The van der Waals surface area contributed by atoms with Gasteiger partial charge in [0.15, 0.2) is 0 Å². The van der Waals surface area contributed by atoms with E-state index in [0.717, 1.165) is 34.4 Å². The van der Waals surface area contributed by atoms with Gasteiger partial charge in [0.2, 0.25) is 5.91 Å². The van der Waals surface area contributed by atoms with Crippen LogP contribution in [-0.4, -0.2) is 60.0 Å². The number of aliphatic hydroxyl groups excluding tert-OH is 1. The monoisotopic (exact) mass is 469 g/mol. The molecule has 5 rings (SSSR count). The molecule has 180 valence electrons. The molecule has 3 atom stereocenters. The number of carbonyl (C=O) groups excluding carboxylic acids is 2. The van der Waals surface area contributed by atoms with Gasteiger partial charge in [-0.25, -0.2) is 0 Å². The first kappa shape index (κ1) is 23.1. The molecule has 3 aromatic carbocycles. The fourth-order valence-corrected chi connectivity index (χ4v) is 5.48. The van der Waals surface area contributed by atoms with Gasteiger partial charge in [-0.3, -0.25) is 9.59 Å². The number of hydrogen-bond acceptors (Lipinski definition) is 4. The molecule has 3 aromatic rings. The molecule has 2 heterocycles. The third kappa shape index (κ3) is 4.42. The highest BCUT2D eigenvalue weighted by molar-refractivity contribution is 5.95. The minimum Gasteiger partial charge on any atom is -0.394 e. The number of anilines is 1. The number of fused-ring (bicyclic) bond motifs is 3. The summed E-state index contributed by atoms with van der Waals surface area (Å²) in [5.74, 6) is 0.215. The standard InChI is InChI=1S/C29H31N3O3/c1-31(2)29(35)22-10-6-9-20(16-22)21-11-12-25-24(17-21)28-23(26(18-33)30-25)13-14-32(28)27(34)15-19-7-4-3-5-8-19/h3-12,16-17,23,26,28,30,33H,13-15,18H2,1-2H3/t23-,26-,28-/m0/s1. The second kappa shape index (κ2) is 9.55. The molecule has 0 radical (unpaired) electrons. The Morgan fingerprint density at radius 3 is 2.51 bits per heavy atom. The van der Waals surface area contributed by atoms with Crippen LogP contribution >= 0.6 is 0 Å². The Bertz CT molecular complexity index is 1240. The molecule has 2 aliphatic heterocycles. The van der Waals surface area contributed by atoms with Crippen LogP contribution in [0.2, 0.25) is 0 Å². The van der Waals surface area contributed by atoms with E-state index in [4.69, 9.17) is 0 Å². The number of rotatable bonds is 5. The van der Waals surface area contributed by atoms with E-state index in [9.17, 15) is 14.7 Å². The van der Waals surface area contributed by atoms with Gasteiger partial charge < -0.3 is 20.2 Å². The molecule has 1 fully saturated rings. The zero-order chi connectivity index (χ0) is 24.5. The molecule has 2 amide bonds. The average molecular weight is 470 g/mol. The van der Waals surface area contributed by atoms with Crippen LogP contribution in [0.4, 0.5) is 5.69 Å². The molecule has 6 heteroatoms. The van der Waals surface area contributed by atoms with E-state index in [2.05, 4.69) is 11.4 Å². The van der Waals surface area contributed by atoms with E-state index in [1.165, 1.54) is 0 Å². The maximum atomic E-state index is 13.4. The number of benzene rings is 3. The Morgan fingerprint density at radius 2 is 1.77 bits per heavy atom. The topological polar surface area (TPSA) is 72.9 Å². The molecular weight excluding hydrogens is 438 g/mol. The number of nitrogens with one attached hydrogen (secondary N) is 1. The number of likely N-dealkylation sites (tertiary alicyclic amines) is 1. The van der Waals surface area contributed by atoms with Crippen molar-refractivity contribution in [3.05, 3.63) is 89.5 Å². The van der Waals surface area contributed by atoms with E-state index in [-0.39, 0.29) is 36.4 Å². The van der Waals surface area contributed by atoms with Gasteiger partial charge in [0, 0.05) is 37.8 Å². The zero-order valence-electron chi connectivity index (χ0n) is 20.1. The largest absolute Gasteiger partial charge is 0.394 e. The summed E-state index contributed by atoms with van der Waals surface area (Å²) in [6.45, 7) is 0.702. The lowest BCUT2D eigenvalue weighted by molar-refractivity contribution is -0.131. The van der Waals surface area contributed by atoms with Gasteiger partial charge in [0.05, 0.1) is 25.1 Å². The van der Waals surface area contributed by atoms with Crippen molar-refractivity contribution >= 4 is 17.5 Å². The van der Waals surface area contributed by atoms with Crippen molar-refractivity contribution in [2.24, 2.45) is 5.92 Å². The van der Waals surface area contributed by atoms with Gasteiger partial charge in [-0.15, -0.1) is 0 Å². The molecule has 1 saturated heterocycles. The maximum absolute atomic E-state index is 13.4. The van der Waals surface area contributed by atoms with Crippen molar-refractivity contribution < 1.29 is 14.7 Å². The van der Waals surface area contributed by atoms with Crippen molar-refractivity contribution in [3.63, 3.8) is 0 Å². The summed E-state index contributed by atoms with van der Waals surface area (Å²) in [7, 11) is 3.50. The van der Waals surface area contributed by atoms with E-state index in [0.29, 0.717) is 18.5 Å². The molecule has 6 nitrogen and oxygen atoms in total. The van der Waals surface area contributed by atoms with Crippen LogP contribution in [0.3, 0.4) is 0 Å². The lowest BCUT2D eigenvalue weighted by atomic mass is 9.82. The van der Waals surface area contributed by atoms with Crippen LogP contribution in [0.1, 0.15) is 33.9 Å².